The van der Waals surface area contributed by atoms with Gasteiger partial charge >= 0.3 is 5.97 Å². The highest BCUT2D eigenvalue weighted by Crippen LogP contribution is 2.42. The number of hydrogen-bond acceptors (Lipinski definition) is 1. The van der Waals surface area contributed by atoms with Crippen LogP contribution in [0, 0.1) is 17.8 Å². The molecule has 1 N–H and O–H groups in total. The lowest BCUT2D eigenvalue weighted by Crippen LogP contribution is -2.27. The van der Waals surface area contributed by atoms with Crippen molar-refractivity contribution in [2.75, 3.05) is 0 Å². The van der Waals surface area contributed by atoms with Crippen LogP contribution in [-0.2, 0) is 4.79 Å². The van der Waals surface area contributed by atoms with Crippen molar-refractivity contribution >= 4 is 5.97 Å². The second-order valence-electron chi connectivity index (χ2n) is 3.87. The molecule has 3 atom stereocenters. The van der Waals surface area contributed by atoms with Crippen LogP contribution in [0.15, 0.2) is 12.2 Å². The predicted octanol–water partition coefficient (Wildman–Crippen LogP) is 2.06. The van der Waals surface area contributed by atoms with Crippen molar-refractivity contribution in [1.29, 1.82) is 0 Å². The number of aliphatic carboxylic acids is 1. The number of carboxylic acids is 1. The van der Waals surface area contributed by atoms with Crippen molar-refractivity contribution in [2.45, 2.75) is 25.7 Å². The minimum Gasteiger partial charge on any atom is -0.481 e. The highest BCUT2D eigenvalue weighted by molar-refractivity contribution is 5.71. The highest BCUT2D eigenvalue weighted by Gasteiger charge is 2.37. The van der Waals surface area contributed by atoms with E-state index >= 15 is 0 Å². The minimum atomic E-state index is -0.601. The number of allylic oxidation sites excluding steroid dienone is 2. The van der Waals surface area contributed by atoms with E-state index in [9.17, 15) is 4.79 Å². The van der Waals surface area contributed by atoms with E-state index in [2.05, 4.69) is 6.08 Å². The fraction of sp³-hybridized carbons (Fsp3) is 0.700. The quantitative estimate of drug-likeness (QED) is 0.605. The molecule has 2 nitrogen and oxygen atoms in total. The van der Waals surface area contributed by atoms with Gasteiger partial charge in [0.2, 0.25) is 0 Å². The third-order valence-corrected chi connectivity index (χ3v) is 3.23. The first-order valence-electron chi connectivity index (χ1n) is 4.68. The van der Waals surface area contributed by atoms with Crippen molar-refractivity contribution in [1.82, 2.24) is 0 Å². The molecule has 0 aromatic rings. The summed E-state index contributed by atoms with van der Waals surface area (Å²) in [6.45, 7) is 0. The molecule has 0 aromatic heterocycles. The first-order valence-corrected chi connectivity index (χ1v) is 4.68. The number of carbonyl (C=O) groups is 1. The summed E-state index contributed by atoms with van der Waals surface area (Å²) in [4.78, 5) is 10.9. The van der Waals surface area contributed by atoms with Gasteiger partial charge in [0.25, 0.3) is 0 Å². The van der Waals surface area contributed by atoms with E-state index in [1.54, 1.807) is 0 Å². The maximum atomic E-state index is 10.9. The zero-order chi connectivity index (χ0) is 8.55. The molecule has 0 aliphatic heterocycles. The normalized spacial score (nSPS) is 39.5. The Morgan fingerprint density at radius 1 is 1.42 bits per heavy atom. The summed E-state index contributed by atoms with van der Waals surface area (Å²) in [6, 6.07) is 0. The van der Waals surface area contributed by atoms with Crippen molar-refractivity contribution in [3.05, 3.63) is 12.2 Å². The Morgan fingerprint density at radius 3 is 3.00 bits per heavy atom. The monoisotopic (exact) mass is 166 g/mol. The van der Waals surface area contributed by atoms with Gasteiger partial charge in [-0.15, -0.1) is 0 Å². The molecule has 2 aliphatic rings. The Balaban J connectivity index is 2.16. The number of carboxylic acid groups (broad SMARTS) is 1. The van der Waals surface area contributed by atoms with Gasteiger partial charge in [0.15, 0.2) is 0 Å². The van der Waals surface area contributed by atoms with Gasteiger partial charge in [-0.05, 0) is 31.1 Å². The van der Waals surface area contributed by atoms with Crippen LogP contribution >= 0.6 is 0 Å². The molecule has 0 aromatic carbocycles. The Hall–Kier alpha value is -0.790. The van der Waals surface area contributed by atoms with E-state index in [1.165, 1.54) is 12.8 Å². The molecular weight excluding hydrogens is 152 g/mol. The summed E-state index contributed by atoms with van der Waals surface area (Å²) in [5.41, 5.74) is 0. The summed E-state index contributed by atoms with van der Waals surface area (Å²) in [6.07, 6.45) is 8.54. The van der Waals surface area contributed by atoms with Gasteiger partial charge in [0, 0.05) is 0 Å². The smallest absolute Gasteiger partial charge is 0.307 e. The van der Waals surface area contributed by atoms with Gasteiger partial charge in [-0.25, -0.2) is 0 Å². The van der Waals surface area contributed by atoms with Crippen molar-refractivity contribution < 1.29 is 9.90 Å². The molecule has 0 radical (unpaired) electrons. The Labute approximate surface area is 72.3 Å². The molecule has 1 saturated carbocycles. The summed E-state index contributed by atoms with van der Waals surface area (Å²) in [7, 11) is 0. The fourth-order valence-electron chi connectivity index (χ4n) is 2.61. The molecule has 2 unspecified atom stereocenters. The standard InChI is InChI=1S/C10H14O2/c11-10(12)9-6-2-4-7-3-1-5-8(7)9/h2,4,7-9H,1,3,5-6H2,(H,11,12)/t7?,8?,9-/m0/s1. The van der Waals surface area contributed by atoms with E-state index in [1.807, 2.05) is 6.08 Å². The zero-order valence-corrected chi connectivity index (χ0v) is 7.07. The third kappa shape index (κ3) is 1.15. The summed E-state index contributed by atoms with van der Waals surface area (Å²) < 4.78 is 0. The molecule has 2 heteroatoms. The van der Waals surface area contributed by atoms with E-state index in [0.717, 1.165) is 12.8 Å². The molecule has 2 rings (SSSR count). The van der Waals surface area contributed by atoms with Crippen LogP contribution in [0.5, 0.6) is 0 Å². The number of rotatable bonds is 1. The van der Waals surface area contributed by atoms with Gasteiger partial charge in [0.1, 0.15) is 0 Å². The maximum Gasteiger partial charge on any atom is 0.307 e. The molecule has 1 fully saturated rings. The summed E-state index contributed by atoms with van der Waals surface area (Å²) in [5.74, 6) is 0.311. The van der Waals surface area contributed by atoms with E-state index in [4.69, 9.17) is 5.11 Å². The highest BCUT2D eigenvalue weighted by atomic mass is 16.4. The lowest BCUT2D eigenvalue weighted by atomic mass is 9.78. The number of fused-ring (bicyclic) bond motifs is 1. The molecular formula is C10H14O2. The average molecular weight is 166 g/mol. The van der Waals surface area contributed by atoms with Crippen LogP contribution in [0.2, 0.25) is 0 Å². The first-order chi connectivity index (χ1) is 5.79. The Morgan fingerprint density at radius 2 is 2.25 bits per heavy atom. The molecule has 2 aliphatic carbocycles. The molecule has 0 spiro atoms. The SMILES string of the molecule is O=C(O)[C@H]1CC=CC2CCCC21. The van der Waals surface area contributed by atoms with Gasteiger partial charge in [-0.3, -0.25) is 4.79 Å². The maximum absolute atomic E-state index is 10.9. The first kappa shape index (κ1) is 7.84. The van der Waals surface area contributed by atoms with Gasteiger partial charge < -0.3 is 5.11 Å². The van der Waals surface area contributed by atoms with Crippen molar-refractivity contribution in [3.8, 4) is 0 Å². The van der Waals surface area contributed by atoms with E-state index in [0.29, 0.717) is 11.8 Å². The minimum absolute atomic E-state index is 0.0949. The van der Waals surface area contributed by atoms with E-state index in [-0.39, 0.29) is 5.92 Å². The van der Waals surface area contributed by atoms with Crippen LogP contribution in [0.25, 0.3) is 0 Å². The number of hydrogen-bond donors (Lipinski definition) is 1. The van der Waals surface area contributed by atoms with Crippen LogP contribution in [0.3, 0.4) is 0 Å². The molecule has 12 heavy (non-hydrogen) atoms. The fourth-order valence-corrected chi connectivity index (χ4v) is 2.61. The zero-order valence-electron chi connectivity index (χ0n) is 7.07. The molecule has 0 amide bonds. The van der Waals surface area contributed by atoms with Gasteiger partial charge in [0.05, 0.1) is 5.92 Å². The molecule has 0 saturated heterocycles. The third-order valence-electron chi connectivity index (χ3n) is 3.23. The van der Waals surface area contributed by atoms with Crippen molar-refractivity contribution in [3.63, 3.8) is 0 Å². The Kier molecular flexibility index (Phi) is 1.91. The second-order valence-corrected chi connectivity index (χ2v) is 3.87. The van der Waals surface area contributed by atoms with E-state index < -0.39 is 5.97 Å². The van der Waals surface area contributed by atoms with Gasteiger partial charge in [-0.1, -0.05) is 18.6 Å². The molecule has 66 valence electrons. The largest absolute Gasteiger partial charge is 0.481 e. The summed E-state index contributed by atoms with van der Waals surface area (Å²) in [5, 5.41) is 8.95. The lowest BCUT2D eigenvalue weighted by Gasteiger charge is -2.26. The van der Waals surface area contributed by atoms with Crippen LogP contribution in [-0.4, -0.2) is 11.1 Å². The van der Waals surface area contributed by atoms with Crippen LogP contribution < -0.4 is 0 Å². The van der Waals surface area contributed by atoms with Crippen molar-refractivity contribution in [2.24, 2.45) is 17.8 Å². The average Bonchev–Trinajstić information content (AvgIpc) is 2.49. The predicted molar refractivity (Wildman–Crippen MR) is 45.7 cm³/mol. The lowest BCUT2D eigenvalue weighted by molar-refractivity contribution is -0.144. The Bertz CT molecular complexity index is 220. The second kappa shape index (κ2) is 2.92. The molecule has 0 heterocycles. The van der Waals surface area contributed by atoms with Crippen LogP contribution in [0.4, 0.5) is 0 Å². The molecule has 0 bridgehead atoms. The summed E-state index contributed by atoms with van der Waals surface area (Å²) >= 11 is 0. The topological polar surface area (TPSA) is 37.3 Å². The van der Waals surface area contributed by atoms with Crippen LogP contribution in [0.1, 0.15) is 25.7 Å². The van der Waals surface area contributed by atoms with Gasteiger partial charge in [-0.2, -0.15) is 0 Å².